The molecule has 0 aliphatic heterocycles. The second kappa shape index (κ2) is 2.36. The second-order valence-corrected chi connectivity index (χ2v) is 1.63. The highest BCUT2D eigenvalue weighted by molar-refractivity contribution is 5.43. The smallest absolute Gasteiger partial charge is 0.0376 e. The number of H-pyrrole nitrogens is 1. The molecule has 1 heteroatoms. The van der Waals surface area contributed by atoms with Crippen LogP contribution in [0.4, 0.5) is 0 Å². The summed E-state index contributed by atoms with van der Waals surface area (Å²) in [4.78, 5) is 3.05. The molecule has 1 nitrogen and oxygen atoms in total. The van der Waals surface area contributed by atoms with Crippen molar-refractivity contribution in [2.75, 3.05) is 0 Å². The minimum absolute atomic E-state index is 1.16. The van der Waals surface area contributed by atoms with E-state index in [1.54, 1.807) is 0 Å². The lowest BCUT2D eigenvalue weighted by molar-refractivity contribution is 1.37. The number of allylic oxidation sites excluding steroid dienone is 1. The molecule has 0 radical (unpaired) electrons. The van der Waals surface area contributed by atoms with Crippen LogP contribution in [0.3, 0.4) is 0 Å². The molecule has 0 bridgehead atoms. The molecule has 42 valence electrons. The van der Waals surface area contributed by atoms with Crippen LogP contribution in [-0.2, 0) is 0 Å². The largest absolute Gasteiger partial charge is 0.362 e. The normalized spacial score (nSPS) is 10.6. The molecule has 0 unspecified atom stereocenters. The fraction of sp³-hybridized carbons (Fsp3) is 0.143. The molecular weight excluding hydrogens is 98.1 g/mol. The average Bonchev–Trinajstić information content (AvgIpc) is 2.19. The number of nitrogens with one attached hydrogen (secondary N) is 1. The Morgan fingerprint density at radius 2 is 2.50 bits per heavy atom. The highest BCUT2D eigenvalue weighted by Crippen LogP contribution is 1.95. The Labute approximate surface area is 49.0 Å². The van der Waals surface area contributed by atoms with E-state index in [0.717, 1.165) is 5.69 Å². The molecule has 0 aromatic carbocycles. The first-order valence-corrected chi connectivity index (χ1v) is 2.69. The summed E-state index contributed by atoms with van der Waals surface area (Å²) < 4.78 is 0. The van der Waals surface area contributed by atoms with Gasteiger partial charge in [-0.05, 0) is 25.1 Å². The van der Waals surface area contributed by atoms with Crippen molar-refractivity contribution in [3.05, 3.63) is 30.1 Å². The van der Waals surface area contributed by atoms with Gasteiger partial charge in [-0.3, -0.25) is 0 Å². The van der Waals surface area contributed by atoms with Crippen molar-refractivity contribution in [3.8, 4) is 0 Å². The van der Waals surface area contributed by atoms with Crippen LogP contribution in [0.15, 0.2) is 24.4 Å². The van der Waals surface area contributed by atoms with Crippen LogP contribution in [0.1, 0.15) is 12.6 Å². The van der Waals surface area contributed by atoms with Gasteiger partial charge in [-0.15, -0.1) is 0 Å². The topological polar surface area (TPSA) is 15.8 Å². The average molecular weight is 107 g/mol. The van der Waals surface area contributed by atoms with Crippen LogP contribution >= 0.6 is 0 Å². The van der Waals surface area contributed by atoms with Crippen molar-refractivity contribution in [1.82, 2.24) is 4.98 Å². The monoisotopic (exact) mass is 107 g/mol. The van der Waals surface area contributed by atoms with Gasteiger partial charge in [0.2, 0.25) is 0 Å². The Balaban J connectivity index is 2.77. The fourth-order valence-corrected chi connectivity index (χ4v) is 0.627. The summed E-state index contributed by atoms with van der Waals surface area (Å²) in [7, 11) is 0. The summed E-state index contributed by atoms with van der Waals surface area (Å²) in [5.74, 6) is 0. The lowest BCUT2D eigenvalue weighted by Gasteiger charge is -1.77. The van der Waals surface area contributed by atoms with Gasteiger partial charge in [0.05, 0.1) is 0 Å². The summed E-state index contributed by atoms with van der Waals surface area (Å²) in [6.45, 7) is 2.00. The molecule has 1 aromatic rings. The van der Waals surface area contributed by atoms with Crippen LogP contribution < -0.4 is 0 Å². The van der Waals surface area contributed by atoms with Crippen molar-refractivity contribution in [3.63, 3.8) is 0 Å². The van der Waals surface area contributed by atoms with E-state index < -0.39 is 0 Å². The molecule has 1 aromatic heterocycles. The van der Waals surface area contributed by atoms with Crippen LogP contribution in [0, 0.1) is 0 Å². The molecule has 1 rings (SSSR count). The lowest BCUT2D eigenvalue weighted by Crippen LogP contribution is -1.63. The van der Waals surface area contributed by atoms with Gasteiger partial charge in [0.25, 0.3) is 0 Å². The van der Waals surface area contributed by atoms with Crippen LogP contribution in [0.2, 0.25) is 0 Å². The zero-order chi connectivity index (χ0) is 5.82. The fourth-order valence-electron chi connectivity index (χ4n) is 0.627. The summed E-state index contributed by atoms with van der Waals surface area (Å²) in [5, 5.41) is 0. The van der Waals surface area contributed by atoms with Gasteiger partial charge < -0.3 is 4.98 Å². The van der Waals surface area contributed by atoms with E-state index >= 15 is 0 Å². The van der Waals surface area contributed by atoms with E-state index in [0.29, 0.717) is 0 Å². The number of rotatable bonds is 1. The van der Waals surface area contributed by atoms with E-state index in [2.05, 4.69) is 4.98 Å². The molecule has 0 amide bonds. The van der Waals surface area contributed by atoms with Gasteiger partial charge >= 0.3 is 0 Å². The molecule has 8 heavy (non-hydrogen) atoms. The first-order valence-electron chi connectivity index (χ1n) is 2.69. The van der Waals surface area contributed by atoms with Crippen LogP contribution in [0.5, 0.6) is 0 Å². The molecule has 0 aliphatic rings. The second-order valence-electron chi connectivity index (χ2n) is 1.63. The third-order valence-electron chi connectivity index (χ3n) is 0.968. The number of hydrogen-bond acceptors (Lipinski definition) is 0. The standard InChI is InChI=1S/C7H9N/c1-2-4-7-5-3-6-8-7/h2-6,8H,1H3/b4-2+. The molecule has 1 heterocycles. The molecule has 0 fully saturated rings. The van der Waals surface area contributed by atoms with Gasteiger partial charge in [-0.2, -0.15) is 0 Å². The van der Waals surface area contributed by atoms with Gasteiger partial charge in [-0.1, -0.05) is 6.08 Å². The maximum atomic E-state index is 3.05. The van der Waals surface area contributed by atoms with Gasteiger partial charge in [0.1, 0.15) is 0 Å². The Hall–Kier alpha value is -0.980. The quantitative estimate of drug-likeness (QED) is 0.565. The van der Waals surface area contributed by atoms with E-state index in [1.165, 1.54) is 0 Å². The predicted molar refractivity (Wildman–Crippen MR) is 35.5 cm³/mol. The summed E-state index contributed by atoms with van der Waals surface area (Å²) in [6, 6.07) is 4.01. The Morgan fingerprint density at radius 3 is 3.00 bits per heavy atom. The molecule has 0 saturated carbocycles. The van der Waals surface area contributed by atoms with E-state index in [1.807, 2.05) is 37.4 Å². The highest BCUT2D eigenvalue weighted by atomic mass is 14.7. The van der Waals surface area contributed by atoms with E-state index in [-0.39, 0.29) is 0 Å². The first kappa shape index (κ1) is 5.16. The third kappa shape index (κ3) is 0.997. The number of aromatic amines is 1. The third-order valence-corrected chi connectivity index (χ3v) is 0.968. The van der Waals surface area contributed by atoms with Crippen LogP contribution in [0.25, 0.3) is 6.08 Å². The van der Waals surface area contributed by atoms with Gasteiger partial charge in [0.15, 0.2) is 0 Å². The maximum Gasteiger partial charge on any atom is 0.0376 e. The Morgan fingerprint density at radius 1 is 1.62 bits per heavy atom. The SMILES string of the molecule is C/C=C/c1ccc[nH]1. The number of aromatic nitrogens is 1. The molecule has 0 saturated heterocycles. The first-order chi connectivity index (χ1) is 3.93. The van der Waals surface area contributed by atoms with Crippen LogP contribution in [-0.4, -0.2) is 4.98 Å². The van der Waals surface area contributed by atoms with E-state index in [4.69, 9.17) is 0 Å². The zero-order valence-corrected chi connectivity index (χ0v) is 4.89. The minimum Gasteiger partial charge on any atom is -0.362 e. The molecular formula is C7H9N. The van der Waals surface area contributed by atoms with Crippen molar-refractivity contribution in [1.29, 1.82) is 0 Å². The van der Waals surface area contributed by atoms with Crippen molar-refractivity contribution in [2.45, 2.75) is 6.92 Å². The minimum atomic E-state index is 1.16. The highest BCUT2D eigenvalue weighted by Gasteiger charge is 1.78. The molecule has 1 N–H and O–H groups in total. The predicted octanol–water partition coefficient (Wildman–Crippen LogP) is 2.05. The summed E-state index contributed by atoms with van der Waals surface area (Å²) in [5.41, 5.74) is 1.16. The lowest BCUT2D eigenvalue weighted by atomic mass is 10.4. The van der Waals surface area contributed by atoms with Gasteiger partial charge in [0, 0.05) is 11.9 Å². The summed E-state index contributed by atoms with van der Waals surface area (Å²) in [6.07, 6.45) is 5.95. The molecule has 0 aliphatic carbocycles. The van der Waals surface area contributed by atoms with Gasteiger partial charge in [-0.25, -0.2) is 0 Å². The molecule has 0 atom stereocenters. The van der Waals surface area contributed by atoms with Crippen molar-refractivity contribution < 1.29 is 0 Å². The Kier molecular flexibility index (Phi) is 1.52. The van der Waals surface area contributed by atoms with Crippen molar-refractivity contribution in [2.24, 2.45) is 0 Å². The maximum absolute atomic E-state index is 3.05. The van der Waals surface area contributed by atoms with Crippen molar-refractivity contribution >= 4 is 6.08 Å². The number of hydrogen-bond donors (Lipinski definition) is 1. The van der Waals surface area contributed by atoms with E-state index in [9.17, 15) is 0 Å². The Bertz CT molecular complexity index is 161. The zero-order valence-electron chi connectivity index (χ0n) is 4.89. The molecule has 0 spiro atoms. The summed E-state index contributed by atoms with van der Waals surface area (Å²) >= 11 is 0.